The Morgan fingerprint density at radius 2 is 1.65 bits per heavy atom. The maximum atomic E-state index is 6.29. The molecule has 1 saturated heterocycles. The Morgan fingerprint density at radius 1 is 0.853 bits per heavy atom. The third-order valence-corrected chi connectivity index (χ3v) is 6.14. The summed E-state index contributed by atoms with van der Waals surface area (Å²) >= 11 is 6.11. The van der Waals surface area contributed by atoms with Gasteiger partial charge in [0.05, 0.1) is 32.5 Å². The fraction of sp³-hybridized carbons (Fsp3) is 0.357. The molecular weight excluding hydrogens is 469 g/mol. The lowest BCUT2D eigenvalue weighted by atomic mass is 9.87. The summed E-state index contributed by atoms with van der Waals surface area (Å²) in [7, 11) is 0. The molecule has 0 aliphatic carbocycles. The predicted molar refractivity (Wildman–Crippen MR) is 140 cm³/mol. The lowest BCUT2D eigenvalue weighted by Gasteiger charge is -2.32. The number of piperidine rings is 1. The molecule has 182 valence electrons. The first kappa shape index (κ1) is 26.5. The highest BCUT2D eigenvalue weighted by Crippen LogP contribution is 2.30. The topological polar surface area (TPSA) is 39.7 Å². The number of benzene rings is 3. The molecule has 1 aliphatic rings. The van der Waals surface area contributed by atoms with Crippen molar-refractivity contribution in [1.29, 1.82) is 0 Å². The van der Waals surface area contributed by atoms with E-state index >= 15 is 0 Å². The largest absolute Gasteiger partial charge is 0.494 e. The zero-order valence-electron chi connectivity index (χ0n) is 19.3. The number of hydrogen-bond acceptors (Lipinski definition) is 4. The van der Waals surface area contributed by atoms with E-state index in [1.165, 1.54) is 11.1 Å². The predicted octanol–water partition coefficient (Wildman–Crippen LogP) is 6.41. The summed E-state index contributed by atoms with van der Waals surface area (Å²) in [5.74, 6) is 1.26. The third-order valence-electron chi connectivity index (χ3n) is 5.90. The van der Waals surface area contributed by atoms with Crippen LogP contribution in [0.4, 0.5) is 0 Å². The molecule has 0 saturated carbocycles. The molecule has 6 heteroatoms. The van der Waals surface area contributed by atoms with Crippen molar-refractivity contribution in [2.24, 2.45) is 0 Å². The molecule has 1 aliphatic heterocycles. The van der Waals surface area contributed by atoms with Crippen LogP contribution in [0.25, 0.3) is 0 Å². The molecule has 0 amide bonds. The number of hydrogen-bond donors (Lipinski definition) is 1. The van der Waals surface area contributed by atoms with Gasteiger partial charge in [0.25, 0.3) is 0 Å². The van der Waals surface area contributed by atoms with Gasteiger partial charge >= 0.3 is 0 Å². The summed E-state index contributed by atoms with van der Waals surface area (Å²) in [6, 6.07) is 26.6. The number of halogens is 2. The van der Waals surface area contributed by atoms with E-state index in [1.54, 1.807) is 0 Å². The van der Waals surface area contributed by atoms with Crippen LogP contribution in [0.3, 0.4) is 0 Å². The van der Waals surface area contributed by atoms with Gasteiger partial charge in [-0.25, -0.2) is 0 Å². The molecule has 1 N–H and O–H groups in total. The molecular formula is C28H33Cl2NO3. The summed E-state index contributed by atoms with van der Waals surface area (Å²) in [6.07, 6.45) is 2.05. The summed E-state index contributed by atoms with van der Waals surface area (Å²) in [4.78, 5) is 0. The molecule has 4 nitrogen and oxygen atoms in total. The maximum absolute atomic E-state index is 6.29. The Hall–Kier alpha value is -2.08. The molecule has 1 fully saturated rings. The highest BCUT2D eigenvalue weighted by atomic mass is 35.5. The minimum Gasteiger partial charge on any atom is -0.494 e. The number of rotatable bonds is 11. The third kappa shape index (κ3) is 8.30. The van der Waals surface area contributed by atoms with Gasteiger partial charge in [0.1, 0.15) is 5.75 Å². The molecule has 0 aromatic heterocycles. The van der Waals surface area contributed by atoms with Crippen molar-refractivity contribution in [1.82, 2.24) is 5.32 Å². The monoisotopic (exact) mass is 501 g/mol. The fourth-order valence-corrected chi connectivity index (χ4v) is 4.36. The molecule has 0 bridgehead atoms. The Labute approximate surface area is 214 Å². The van der Waals surface area contributed by atoms with Gasteiger partial charge in [-0.05, 0) is 53.9 Å². The standard InChI is InChI=1S/C28H32ClNO3.ClH/c29-25-9-4-8-23(18-25)21-33-28-19-30-15-14-27(28)24-10-12-26(13-11-24)32-17-5-16-31-20-22-6-2-1-3-7-22;/h1-4,6-13,18,27-28,30H,5,14-17,19-21H2;1H. The minimum absolute atomic E-state index is 0. The van der Waals surface area contributed by atoms with Gasteiger partial charge in [-0.3, -0.25) is 0 Å². The summed E-state index contributed by atoms with van der Waals surface area (Å²) < 4.78 is 17.9. The smallest absolute Gasteiger partial charge is 0.119 e. The average Bonchev–Trinajstić information content (AvgIpc) is 2.86. The van der Waals surface area contributed by atoms with Crippen molar-refractivity contribution < 1.29 is 14.2 Å². The second-order valence-corrected chi connectivity index (χ2v) is 8.82. The Bertz CT molecular complexity index is 969. The number of nitrogens with one attached hydrogen (secondary N) is 1. The quantitative estimate of drug-likeness (QED) is 0.308. The summed E-state index contributed by atoms with van der Waals surface area (Å²) in [5.41, 5.74) is 3.59. The van der Waals surface area contributed by atoms with E-state index in [0.29, 0.717) is 32.3 Å². The normalized spacial score (nSPS) is 17.7. The Morgan fingerprint density at radius 3 is 2.44 bits per heavy atom. The molecule has 3 aromatic carbocycles. The second kappa shape index (κ2) is 14.3. The van der Waals surface area contributed by atoms with Crippen molar-refractivity contribution in [2.45, 2.75) is 38.1 Å². The first-order valence-corrected chi connectivity index (χ1v) is 12.1. The van der Waals surface area contributed by atoms with Crippen LogP contribution in [0.2, 0.25) is 5.02 Å². The van der Waals surface area contributed by atoms with Gasteiger partial charge in [-0.15, -0.1) is 12.4 Å². The van der Waals surface area contributed by atoms with E-state index < -0.39 is 0 Å². The van der Waals surface area contributed by atoms with Crippen molar-refractivity contribution in [3.63, 3.8) is 0 Å². The molecule has 1 heterocycles. The van der Waals surface area contributed by atoms with E-state index in [-0.39, 0.29) is 18.5 Å². The lowest BCUT2D eigenvalue weighted by Crippen LogP contribution is -2.40. The molecule has 2 unspecified atom stereocenters. The van der Waals surface area contributed by atoms with Crippen molar-refractivity contribution in [2.75, 3.05) is 26.3 Å². The van der Waals surface area contributed by atoms with Crippen molar-refractivity contribution in [3.8, 4) is 5.75 Å². The first-order chi connectivity index (χ1) is 16.3. The van der Waals surface area contributed by atoms with Gasteiger partial charge in [0, 0.05) is 23.9 Å². The van der Waals surface area contributed by atoms with Crippen LogP contribution in [0.15, 0.2) is 78.9 Å². The summed E-state index contributed by atoms with van der Waals surface area (Å²) in [5, 5.41) is 4.20. The number of ether oxygens (including phenoxy) is 3. The highest BCUT2D eigenvalue weighted by Gasteiger charge is 2.27. The molecule has 34 heavy (non-hydrogen) atoms. The Kier molecular flexibility index (Phi) is 11.2. The SMILES string of the molecule is Cl.Clc1cccc(COC2CNCCC2c2ccc(OCCCOCc3ccccc3)cc2)c1. The molecule has 3 aromatic rings. The van der Waals surface area contributed by atoms with Crippen LogP contribution >= 0.6 is 24.0 Å². The van der Waals surface area contributed by atoms with Crippen LogP contribution < -0.4 is 10.1 Å². The van der Waals surface area contributed by atoms with E-state index in [0.717, 1.165) is 42.3 Å². The highest BCUT2D eigenvalue weighted by molar-refractivity contribution is 6.30. The molecule has 0 spiro atoms. The summed E-state index contributed by atoms with van der Waals surface area (Å²) in [6.45, 7) is 4.40. The zero-order chi connectivity index (χ0) is 22.7. The van der Waals surface area contributed by atoms with Crippen molar-refractivity contribution >= 4 is 24.0 Å². The first-order valence-electron chi connectivity index (χ1n) is 11.7. The maximum Gasteiger partial charge on any atom is 0.119 e. The van der Waals surface area contributed by atoms with Crippen LogP contribution in [0, 0.1) is 0 Å². The van der Waals surface area contributed by atoms with E-state index in [2.05, 4.69) is 47.8 Å². The van der Waals surface area contributed by atoms with Crippen LogP contribution in [0.5, 0.6) is 5.75 Å². The molecule has 2 atom stereocenters. The fourth-order valence-electron chi connectivity index (χ4n) is 4.14. The van der Waals surface area contributed by atoms with Crippen LogP contribution in [0.1, 0.15) is 35.4 Å². The minimum atomic E-state index is 0. The zero-order valence-corrected chi connectivity index (χ0v) is 20.9. The van der Waals surface area contributed by atoms with Gasteiger partial charge in [0.15, 0.2) is 0 Å². The molecule has 0 radical (unpaired) electrons. The van der Waals surface area contributed by atoms with E-state index in [9.17, 15) is 0 Å². The Balaban J connectivity index is 0.00000324. The van der Waals surface area contributed by atoms with Gasteiger partial charge in [0.2, 0.25) is 0 Å². The lowest BCUT2D eigenvalue weighted by molar-refractivity contribution is 0.0106. The van der Waals surface area contributed by atoms with Crippen molar-refractivity contribution in [3.05, 3.63) is 101 Å². The van der Waals surface area contributed by atoms with E-state index in [1.807, 2.05) is 36.4 Å². The second-order valence-electron chi connectivity index (χ2n) is 8.39. The van der Waals surface area contributed by atoms with Gasteiger partial charge < -0.3 is 19.5 Å². The van der Waals surface area contributed by atoms with Gasteiger partial charge in [-0.2, -0.15) is 0 Å². The van der Waals surface area contributed by atoms with Crippen LogP contribution in [-0.2, 0) is 22.7 Å². The van der Waals surface area contributed by atoms with E-state index in [4.69, 9.17) is 25.8 Å². The van der Waals surface area contributed by atoms with Gasteiger partial charge in [-0.1, -0.05) is 66.2 Å². The van der Waals surface area contributed by atoms with Crippen LogP contribution in [-0.4, -0.2) is 32.4 Å². The average molecular weight is 502 g/mol. The molecule has 4 rings (SSSR count).